The second-order valence-electron chi connectivity index (χ2n) is 4.43. The number of aromatic hydroxyl groups is 1. The standard InChI is InChI=1S/C16H21NO2S2/c1-3-17(4-2)16(20)21-12-11-15(19)10-7-13-5-8-14(18)9-6-13/h5-10,18H,3-4,11-12H2,1-2H3. The number of benzene rings is 1. The average Bonchev–Trinajstić information content (AvgIpc) is 2.48. The summed E-state index contributed by atoms with van der Waals surface area (Å²) < 4.78 is 0.857. The van der Waals surface area contributed by atoms with Crippen molar-refractivity contribution in [2.45, 2.75) is 20.3 Å². The SMILES string of the molecule is CCN(CC)C(=S)SCCC(=O)C=Cc1ccc(O)cc1. The molecule has 0 aliphatic rings. The number of thiocarbonyl (C=S) groups is 1. The Balaban J connectivity index is 2.34. The molecule has 0 fully saturated rings. The number of carbonyl (C=O) groups excluding carboxylic acids is 1. The highest BCUT2D eigenvalue weighted by molar-refractivity contribution is 8.22. The highest BCUT2D eigenvalue weighted by atomic mass is 32.2. The maximum absolute atomic E-state index is 11.8. The number of hydrogen-bond donors (Lipinski definition) is 1. The molecular weight excluding hydrogens is 302 g/mol. The molecule has 1 aromatic carbocycles. The van der Waals surface area contributed by atoms with Crippen LogP contribution in [0.1, 0.15) is 25.8 Å². The Morgan fingerprint density at radius 3 is 2.48 bits per heavy atom. The van der Waals surface area contributed by atoms with Gasteiger partial charge < -0.3 is 10.0 Å². The summed E-state index contributed by atoms with van der Waals surface area (Å²) in [7, 11) is 0. The first-order chi connectivity index (χ1) is 10.1. The number of nitrogens with zero attached hydrogens (tertiary/aromatic N) is 1. The molecule has 0 heterocycles. The van der Waals surface area contributed by atoms with Crippen molar-refractivity contribution in [3.8, 4) is 5.75 Å². The lowest BCUT2D eigenvalue weighted by Gasteiger charge is -2.20. The smallest absolute Gasteiger partial charge is 0.156 e. The van der Waals surface area contributed by atoms with Crippen molar-refractivity contribution in [3.05, 3.63) is 35.9 Å². The van der Waals surface area contributed by atoms with Crippen molar-refractivity contribution in [2.75, 3.05) is 18.8 Å². The summed E-state index contributed by atoms with van der Waals surface area (Å²) in [6, 6.07) is 6.73. The van der Waals surface area contributed by atoms with Gasteiger partial charge >= 0.3 is 0 Å². The van der Waals surface area contributed by atoms with Crippen LogP contribution in [-0.2, 0) is 4.79 Å². The molecule has 0 radical (unpaired) electrons. The Bertz CT molecular complexity index is 494. The molecule has 0 unspecified atom stereocenters. The van der Waals surface area contributed by atoms with Crippen molar-refractivity contribution in [1.82, 2.24) is 4.90 Å². The second kappa shape index (κ2) is 9.58. The van der Waals surface area contributed by atoms with E-state index in [4.69, 9.17) is 12.2 Å². The number of carbonyl (C=O) groups is 1. The molecule has 1 aromatic rings. The molecule has 21 heavy (non-hydrogen) atoms. The van der Waals surface area contributed by atoms with Crippen LogP contribution in [0.25, 0.3) is 6.08 Å². The summed E-state index contributed by atoms with van der Waals surface area (Å²) in [6.07, 6.45) is 3.81. The summed E-state index contributed by atoms with van der Waals surface area (Å²) >= 11 is 6.87. The zero-order valence-electron chi connectivity index (χ0n) is 12.4. The number of thioether (sulfide) groups is 1. The third-order valence-corrected chi connectivity index (χ3v) is 4.48. The maximum atomic E-state index is 11.8. The molecule has 1 rings (SSSR count). The zero-order valence-corrected chi connectivity index (χ0v) is 14.0. The van der Waals surface area contributed by atoms with Crippen molar-refractivity contribution in [3.63, 3.8) is 0 Å². The van der Waals surface area contributed by atoms with Gasteiger partial charge in [0.1, 0.15) is 10.1 Å². The third kappa shape index (κ3) is 6.78. The molecule has 0 saturated carbocycles. The average molecular weight is 323 g/mol. The molecular formula is C16H21NO2S2. The van der Waals surface area contributed by atoms with Crippen molar-refractivity contribution < 1.29 is 9.90 Å². The van der Waals surface area contributed by atoms with Crippen LogP contribution in [0.5, 0.6) is 5.75 Å². The molecule has 0 spiro atoms. The number of hydrogen-bond acceptors (Lipinski definition) is 4. The Labute approximate surface area is 136 Å². The molecule has 0 saturated heterocycles. The summed E-state index contributed by atoms with van der Waals surface area (Å²) in [6.45, 7) is 5.94. The van der Waals surface area contributed by atoms with Gasteiger partial charge in [-0.3, -0.25) is 4.79 Å². The summed E-state index contributed by atoms with van der Waals surface area (Å²) in [5, 5.41) is 9.18. The van der Waals surface area contributed by atoms with E-state index >= 15 is 0 Å². The molecule has 0 atom stereocenters. The Morgan fingerprint density at radius 2 is 1.90 bits per heavy atom. The molecule has 0 aromatic heterocycles. The van der Waals surface area contributed by atoms with E-state index in [0.29, 0.717) is 12.2 Å². The maximum Gasteiger partial charge on any atom is 0.156 e. The fourth-order valence-electron chi connectivity index (χ4n) is 1.67. The Morgan fingerprint density at radius 1 is 1.29 bits per heavy atom. The van der Waals surface area contributed by atoms with E-state index in [1.165, 1.54) is 0 Å². The molecule has 1 N–H and O–H groups in total. The minimum absolute atomic E-state index is 0.0814. The van der Waals surface area contributed by atoms with E-state index < -0.39 is 0 Å². The molecule has 5 heteroatoms. The quantitative estimate of drug-likeness (QED) is 0.612. The molecule has 0 aliphatic carbocycles. The van der Waals surface area contributed by atoms with Crippen LogP contribution < -0.4 is 0 Å². The largest absolute Gasteiger partial charge is 0.508 e. The van der Waals surface area contributed by atoms with Gasteiger partial charge in [0.15, 0.2) is 5.78 Å². The summed E-state index contributed by atoms with van der Waals surface area (Å²) in [4.78, 5) is 13.9. The molecule has 0 aliphatic heterocycles. The number of rotatable bonds is 7. The Hall–Kier alpha value is -1.33. The molecule has 0 bridgehead atoms. The van der Waals surface area contributed by atoms with Crippen LogP contribution in [-0.4, -0.2) is 39.0 Å². The Kier molecular flexibility index (Phi) is 8.08. The normalized spacial score (nSPS) is 10.8. The van der Waals surface area contributed by atoms with Crippen molar-refractivity contribution in [2.24, 2.45) is 0 Å². The van der Waals surface area contributed by atoms with Gasteiger partial charge in [-0.25, -0.2) is 0 Å². The van der Waals surface area contributed by atoms with Gasteiger partial charge in [0.05, 0.1) is 0 Å². The zero-order chi connectivity index (χ0) is 15.7. The highest BCUT2D eigenvalue weighted by Gasteiger charge is 2.06. The van der Waals surface area contributed by atoms with Gasteiger partial charge in [-0.1, -0.05) is 42.2 Å². The first-order valence-electron chi connectivity index (χ1n) is 6.98. The van der Waals surface area contributed by atoms with Gasteiger partial charge in [-0.2, -0.15) is 0 Å². The van der Waals surface area contributed by atoms with Crippen molar-refractivity contribution in [1.29, 1.82) is 0 Å². The number of phenols is 1. The molecule has 3 nitrogen and oxygen atoms in total. The minimum atomic E-state index is 0.0814. The van der Waals surface area contributed by atoms with Gasteiger partial charge in [-0.05, 0) is 37.6 Å². The fourth-order valence-corrected chi connectivity index (χ4v) is 3.10. The first kappa shape index (κ1) is 17.7. The fraction of sp³-hybridized carbons (Fsp3) is 0.375. The topological polar surface area (TPSA) is 40.5 Å². The lowest BCUT2D eigenvalue weighted by Crippen LogP contribution is -2.26. The van der Waals surface area contributed by atoms with Gasteiger partial charge in [0.2, 0.25) is 0 Å². The lowest BCUT2D eigenvalue weighted by atomic mass is 10.2. The predicted octanol–water partition coefficient (Wildman–Crippen LogP) is 3.72. The van der Waals surface area contributed by atoms with E-state index in [-0.39, 0.29) is 11.5 Å². The third-order valence-electron chi connectivity index (χ3n) is 2.95. The van der Waals surface area contributed by atoms with E-state index in [2.05, 4.69) is 18.7 Å². The van der Waals surface area contributed by atoms with Crippen LogP contribution in [0.3, 0.4) is 0 Å². The highest BCUT2D eigenvalue weighted by Crippen LogP contribution is 2.13. The number of allylic oxidation sites excluding steroid dienone is 1. The number of ketones is 1. The van der Waals surface area contributed by atoms with E-state index in [9.17, 15) is 9.90 Å². The van der Waals surface area contributed by atoms with Crippen LogP contribution in [0.2, 0.25) is 0 Å². The van der Waals surface area contributed by atoms with Crippen LogP contribution in [0.15, 0.2) is 30.3 Å². The van der Waals surface area contributed by atoms with Crippen LogP contribution in [0, 0.1) is 0 Å². The predicted molar refractivity (Wildman–Crippen MR) is 94.7 cm³/mol. The number of phenolic OH excluding ortho intramolecular Hbond substituents is 1. The second-order valence-corrected chi connectivity index (χ2v) is 6.16. The summed E-state index contributed by atoms with van der Waals surface area (Å²) in [5.41, 5.74) is 0.896. The van der Waals surface area contributed by atoms with E-state index in [0.717, 1.165) is 23.0 Å². The first-order valence-corrected chi connectivity index (χ1v) is 8.37. The van der Waals surface area contributed by atoms with Crippen LogP contribution >= 0.6 is 24.0 Å². The van der Waals surface area contributed by atoms with E-state index in [1.54, 1.807) is 48.2 Å². The minimum Gasteiger partial charge on any atom is -0.508 e. The van der Waals surface area contributed by atoms with Gasteiger partial charge in [0.25, 0.3) is 0 Å². The molecule has 114 valence electrons. The monoisotopic (exact) mass is 323 g/mol. The van der Waals surface area contributed by atoms with E-state index in [1.807, 2.05) is 0 Å². The van der Waals surface area contributed by atoms with Gasteiger partial charge in [0, 0.05) is 25.3 Å². The summed E-state index contributed by atoms with van der Waals surface area (Å²) in [5.74, 6) is 1.01. The van der Waals surface area contributed by atoms with Crippen LogP contribution in [0.4, 0.5) is 0 Å². The van der Waals surface area contributed by atoms with Crippen molar-refractivity contribution >= 4 is 40.2 Å². The molecule has 0 amide bonds. The lowest BCUT2D eigenvalue weighted by molar-refractivity contribution is -0.114. The van der Waals surface area contributed by atoms with Gasteiger partial charge in [-0.15, -0.1) is 0 Å².